The van der Waals surface area contributed by atoms with Crippen molar-refractivity contribution in [2.24, 2.45) is 0 Å². The minimum atomic E-state index is 0.0242. The lowest BCUT2D eigenvalue weighted by Gasteiger charge is -2.11. The number of hydrogen-bond donors (Lipinski definition) is 2. The fourth-order valence-corrected chi connectivity index (χ4v) is 1.51. The Hall–Kier alpha value is -1.85. The standard InChI is InChI=1S/C12H20N4O2/c1-8(2)16-10(17)5-6-13-11-9(3)12(18-4)15-7-14-11/h7-8H,5-6H2,1-4H3,(H,16,17)(H,13,14,15). The summed E-state index contributed by atoms with van der Waals surface area (Å²) in [6.45, 7) is 6.27. The van der Waals surface area contributed by atoms with E-state index in [1.807, 2.05) is 20.8 Å². The molecule has 0 spiro atoms. The summed E-state index contributed by atoms with van der Waals surface area (Å²) < 4.78 is 5.10. The molecule has 100 valence electrons. The highest BCUT2D eigenvalue weighted by Crippen LogP contribution is 2.19. The van der Waals surface area contributed by atoms with E-state index in [-0.39, 0.29) is 11.9 Å². The van der Waals surface area contributed by atoms with Crippen LogP contribution in [0.1, 0.15) is 25.8 Å². The highest BCUT2D eigenvalue weighted by molar-refractivity contribution is 5.76. The van der Waals surface area contributed by atoms with Crippen molar-refractivity contribution in [1.82, 2.24) is 15.3 Å². The number of nitrogens with zero attached hydrogens (tertiary/aromatic N) is 2. The van der Waals surface area contributed by atoms with Gasteiger partial charge in [-0.3, -0.25) is 4.79 Å². The van der Waals surface area contributed by atoms with Gasteiger partial charge < -0.3 is 15.4 Å². The van der Waals surface area contributed by atoms with E-state index in [2.05, 4.69) is 20.6 Å². The van der Waals surface area contributed by atoms with E-state index >= 15 is 0 Å². The largest absolute Gasteiger partial charge is 0.481 e. The van der Waals surface area contributed by atoms with Gasteiger partial charge in [-0.05, 0) is 20.8 Å². The number of carbonyl (C=O) groups excluding carboxylic acids is 1. The number of nitrogens with one attached hydrogen (secondary N) is 2. The molecule has 0 radical (unpaired) electrons. The summed E-state index contributed by atoms with van der Waals surface area (Å²) in [7, 11) is 1.56. The molecule has 1 amide bonds. The lowest BCUT2D eigenvalue weighted by atomic mass is 10.3. The number of ether oxygens (including phenoxy) is 1. The number of rotatable bonds is 6. The second-order valence-electron chi connectivity index (χ2n) is 4.26. The molecule has 6 heteroatoms. The van der Waals surface area contributed by atoms with E-state index in [0.29, 0.717) is 24.7 Å². The Morgan fingerprint density at radius 1 is 1.44 bits per heavy atom. The third kappa shape index (κ3) is 4.20. The zero-order valence-electron chi connectivity index (χ0n) is 11.3. The molecule has 0 saturated carbocycles. The van der Waals surface area contributed by atoms with E-state index < -0.39 is 0 Å². The Labute approximate surface area is 107 Å². The van der Waals surface area contributed by atoms with Crippen molar-refractivity contribution < 1.29 is 9.53 Å². The van der Waals surface area contributed by atoms with E-state index in [1.165, 1.54) is 6.33 Å². The van der Waals surface area contributed by atoms with Crippen LogP contribution >= 0.6 is 0 Å². The number of hydrogen-bond acceptors (Lipinski definition) is 5. The van der Waals surface area contributed by atoms with Crippen LogP contribution in [-0.2, 0) is 4.79 Å². The van der Waals surface area contributed by atoms with Gasteiger partial charge >= 0.3 is 0 Å². The smallest absolute Gasteiger partial charge is 0.221 e. The monoisotopic (exact) mass is 252 g/mol. The quantitative estimate of drug-likeness (QED) is 0.793. The third-order valence-electron chi connectivity index (χ3n) is 2.33. The summed E-state index contributed by atoms with van der Waals surface area (Å²) >= 11 is 0. The van der Waals surface area contributed by atoms with Gasteiger partial charge in [0.1, 0.15) is 12.1 Å². The lowest BCUT2D eigenvalue weighted by molar-refractivity contribution is -0.121. The molecule has 0 aliphatic rings. The number of aromatic nitrogens is 2. The first-order valence-electron chi connectivity index (χ1n) is 5.93. The van der Waals surface area contributed by atoms with E-state index in [4.69, 9.17) is 4.74 Å². The summed E-state index contributed by atoms with van der Waals surface area (Å²) in [5, 5.41) is 5.93. The summed E-state index contributed by atoms with van der Waals surface area (Å²) in [6.07, 6.45) is 1.84. The van der Waals surface area contributed by atoms with Gasteiger partial charge in [-0.15, -0.1) is 0 Å². The van der Waals surface area contributed by atoms with Gasteiger partial charge in [0.2, 0.25) is 11.8 Å². The number of methoxy groups -OCH3 is 1. The zero-order chi connectivity index (χ0) is 13.5. The molecule has 0 fully saturated rings. The molecule has 6 nitrogen and oxygen atoms in total. The zero-order valence-corrected chi connectivity index (χ0v) is 11.3. The number of carbonyl (C=O) groups is 1. The SMILES string of the molecule is COc1ncnc(NCCC(=O)NC(C)C)c1C. The van der Waals surface area contributed by atoms with Gasteiger partial charge in [-0.1, -0.05) is 0 Å². The Kier molecular flexibility index (Phi) is 5.35. The van der Waals surface area contributed by atoms with Gasteiger partial charge in [0, 0.05) is 19.0 Å². The normalized spacial score (nSPS) is 10.3. The van der Waals surface area contributed by atoms with Crippen LogP contribution in [0.3, 0.4) is 0 Å². The maximum Gasteiger partial charge on any atom is 0.221 e. The Morgan fingerprint density at radius 3 is 2.78 bits per heavy atom. The van der Waals surface area contributed by atoms with E-state index in [9.17, 15) is 4.79 Å². The predicted molar refractivity (Wildman–Crippen MR) is 69.7 cm³/mol. The van der Waals surface area contributed by atoms with Crippen LogP contribution in [-0.4, -0.2) is 35.6 Å². The minimum Gasteiger partial charge on any atom is -0.481 e. The van der Waals surface area contributed by atoms with Crippen molar-refractivity contribution in [3.05, 3.63) is 11.9 Å². The predicted octanol–water partition coefficient (Wildman–Crippen LogP) is 1.12. The van der Waals surface area contributed by atoms with Gasteiger partial charge in [0.25, 0.3) is 0 Å². The molecule has 0 atom stereocenters. The molecule has 0 bridgehead atoms. The first-order valence-corrected chi connectivity index (χ1v) is 5.93. The van der Waals surface area contributed by atoms with Gasteiger partial charge in [0.15, 0.2) is 0 Å². The van der Waals surface area contributed by atoms with Crippen molar-refractivity contribution in [2.45, 2.75) is 33.2 Å². The molecule has 1 heterocycles. The molecule has 1 aromatic rings. The number of anilines is 1. The maximum atomic E-state index is 11.4. The molecule has 1 rings (SSSR count). The summed E-state index contributed by atoms with van der Waals surface area (Å²) in [4.78, 5) is 19.5. The van der Waals surface area contributed by atoms with Gasteiger partial charge in [-0.2, -0.15) is 0 Å². The molecule has 18 heavy (non-hydrogen) atoms. The summed E-state index contributed by atoms with van der Waals surface area (Å²) in [5.41, 5.74) is 0.837. The highest BCUT2D eigenvalue weighted by atomic mass is 16.5. The molecule has 2 N–H and O–H groups in total. The Morgan fingerprint density at radius 2 is 2.17 bits per heavy atom. The summed E-state index contributed by atoms with van der Waals surface area (Å²) in [6, 6.07) is 0.165. The van der Waals surface area contributed by atoms with E-state index in [1.54, 1.807) is 7.11 Å². The maximum absolute atomic E-state index is 11.4. The Balaban J connectivity index is 2.47. The molecular weight excluding hydrogens is 232 g/mol. The van der Waals surface area contributed by atoms with Crippen LogP contribution in [0.2, 0.25) is 0 Å². The molecule has 0 aliphatic carbocycles. The Bertz CT molecular complexity index is 407. The first-order chi connectivity index (χ1) is 8.54. The van der Waals surface area contributed by atoms with Crippen LogP contribution < -0.4 is 15.4 Å². The van der Waals surface area contributed by atoms with Crippen LogP contribution in [0.15, 0.2) is 6.33 Å². The molecule has 0 aliphatic heterocycles. The molecular formula is C12H20N4O2. The third-order valence-corrected chi connectivity index (χ3v) is 2.33. The second-order valence-corrected chi connectivity index (χ2v) is 4.26. The minimum absolute atomic E-state index is 0.0242. The lowest BCUT2D eigenvalue weighted by Crippen LogP contribution is -2.31. The van der Waals surface area contributed by atoms with E-state index in [0.717, 1.165) is 5.56 Å². The first kappa shape index (κ1) is 14.2. The average Bonchev–Trinajstić information content (AvgIpc) is 2.30. The van der Waals surface area contributed by atoms with Crippen LogP contribution in [0.5, 0.6) is 5.88 Å². The fourth-order valence-electron chi connectivity index (χ4n) is 1.51. The average molecular weight is 252 g/mol. The number of amides is 1. The van der Waals surface area contributed by atoms with Crippen LogP contribution in [0, 0.1) is 6.92 Å². The molecule has 0 unspecified atom stereocenters. The van der Waals surface area contributed by atoms with Crippen LogP contribution in [0.4, 0.5) is 5.82 Å². The van der Waals surface area contributed by atoms with Crippen molar-refractivity contribution in [3.63, 3.8) is 0 Å². The summed E-state index contributed by atoms with van der Waals surface area (Å²) in [5.74, 6) is 1.26. The topological polar surface area (TPSA) is 76.1 Å². The second kappa shape index (κ2) is 6.78. The van der Waals surface area contributed by atoms with Gasteiger partial charge in [-0.25, -0.2) is 9.97 Å². The molecule has 0 aromatic carbocycles. The van der Waals surface area contributed by atoms with Crippen molar-refractivity contribution in [2.75, 3.05) is 19.0 Å². The van der Waals surface area contributed by atoms with Crippen LogP contribution in [0.25, 0.3) is 0 Å². The van der Waals surface area contributed by atoms with Gasteiger partial charge in [0.05, 0.1) is 12.7 Å². The van der Waals surface area contributed by atoms with Crippen molar-refractivity contribution in [3.8, 4) is 5.88 Å². The molecule has 0 saturated heterocycles. The van der Waals surface area contributed by atoms with Crippen molar-refractivity contribution in [1.29, 1.82) is 0 Å². The molecule has 1 aromatic heterocycles. The van der Waals surface area contributed by atoms with Crippen molar-refractivity contribution >= 4 is 11.7 Å². The fraction of sp³-hybridized carbons (Fsp3) is 0.583. The highest BCUT2D eigenvalue weighted by Gasteiger charge is 2.07.